The molecule has 0 radical (unpaired) electrons. The molecule has 1 fully saturated rings. The monoisotopic (exact) mass is 462 g/mol. The normalized spacial score (nSPS) is 22.0. The lowest BCUT2D eigenvalue weighted by molar-refractivity contribution is -0.148. The van der Waals surface area contributed by atoms with Gasteiger partial charge in [-0.1, -0.05) is 24.4 Å². The number of halogens is 1. The summed E-state index contributed by atoms with van der Waals surface area (Å²) in [7, 11) is 0. The molecule has 2 unspecified atom stereocenters. The zero-order chi connectivity index (χ0) is 22.5. The van der Waals surface area contributed by atoms with E-state index in [9.17, 15) is 19.5 Å². The molecule has 0 aromatic heterocycles. The van der Waals surface area contributed by atoms with Crippen LogP contribution in [0, 0.1) is 11.8 Å². The zero-order valence-electron chi connectivity index (χ0n) is 17.4. The van der Waals surface area contributed by atoms with Gasteiger partial charge in [0.05, 0.1) is 17.4 Å². The van der Waals surface area contributed by atoms with Gasteiger partial charge in [0.25, 0.3) is 5.91 Å². The van der Waals surface area contributed by atoms with E-state index in [0.717, 1.165) is 36.2 Å². The Morgan fingerprint density at radius 1 is 1.03 bits per heavy atom. The number of hydrogen-bond acceptors (Lipinski definition) is 4. The number of carboxylic acid groups (broad SMARTS) is 1. The molecule has 0 saturated heterocycles. The van der Waals surface area contributed by atoms with Crippen molar-refractivity contribution in [3.63, 3.8) is 0 Å². The van der Waals surface area contributed by atoms with Gasteiger partial charge in [0.15, 0.2) is 0 Å². The van der Waals surface area contributed by atoms with E-state index in [2.05, 4.69) is 23.3 Å². The minimum absolute atomic E-state index is 0.345. The fraction of sp³-hybridized carbons (Fsp3) is 0.435. The number of aliphatic carboxylic acids is 1. The second-order valence-corrected chi connectivity index (χ2v) is 9.04. The Bertz CT molecular complexity index is 939. The first-order valence-corrected chi connectivity index (χ1v) is 11.3. The van der Waals surface area contributed by atoms with Gasteiger partial charge < -0.3 is 15.7 Å². The Morgan fingerprint density at radius 2 is 1.68 bits per heavy atom. The van der Waals surface area contributed by atoms with E-state index in [4.69, 9.17) is 11.6 Å². The average molecular weight is 463 g/mol. The molecule has 1 saturated carbocycles. The molecule has 1 aromatic carbocycles. The quantitative estimate of drug-likeness (QED) is 0.356. The summed E-state index contributed by atoms with van der Waals surface area (Å²) in [6.07, 6.45) is 5.00. The van der Waals surface area contributed by atoms with Gasteiger partial charge in [-0.05, 0) is 73.8 Å². The number of nitrogens with one attached hydrogen (secondary N) is 2. The minimum atomic E-state index is -0.946. The highest BCUT2D eigenvalue weighted by atomic mass is 35.5. The maximum Gasteiger partial charge on any atom is 0.307 e. The van der Waals surface area contributed by atoms with E-state index >= 15 is 0 Å². The molecule has 166 valence electrons. The topological polar surface area (TPSA) is 95.5 Å². The van der Waals surface area contributed by atoms with Gasteiger partial charge in [-0.15, -0.1) is 12.6 Å². The van der Waals surface area contributed by atoms with Crippen LogP contribution in [-0.2, 0) is 14.4 Å². The predicted octanol–water partition coefficient (Wildman–Crippen LogP) is 4.93. The van der Waals surface area contributed by atoms with Crippen LogP contribution in [0.4, 0.5) is 5.69 Å². The molecule has 0 heterocycles. The fourth-order valence-corrected chi connectivity index (χ4v) is 4.85. The summed E-state index contributed by atoms with van der Waals surface area (Å²) in [5, 5.41) is 15.8. The third kappa shape index (κ3) is 5.71. The first kappa shape index (κ1) is 23.4. The maximum atomic E-state index is 13.2. The number of amides is 2. The molecule has 2 aliphatic carbocycles. The number of carbonyl (C=O) groups excluding carboxylic acids is 2. The number of allylic oxidation sites excluding steroid dienone is 2. The average Bonchev–Trinajstić information content (AvgIpc) is 3.15. The van der Waals surface area contributed by atoms with Crippen molar-refractivity contribution < 1.29 is 19.5 Å². The van der Waals surface area contributed by atoms with Crippen LogP contribution in [0.15, 0.2) is 46.0 Å². The summed E-state index contributed by atoms with van der Waals surface area (Å²) in [4.78, 5) is 38.6. The molecular weight excluding hydrogens is 436 g/mol. The van der Waals surface area contributed by atoms with E-state index in [1.807, 2.05) is 0 Å². The van der Waals surface area contributed by atoms with Gasteiger partial charge in [-0.3, -0.25) is 14.4 Å². The smallest absolute Gasteiger partial charge is 0.307 e. The molecule has 2 aliphatic rings. The predicted molar refractivity (Wildman–Crippen MR) is 124 cm³/mol. The maximum absolute atomic E-state index is 13.2. The number of thiol groups is 1. The summed E-state index contributed by atoms with van der Waals surface area (Å²) in [6.45, 7) is 1.68. The third-order valence-corrected chi connectivity index (χ3v) is 6.67. The number of benzene rings is 1. The molecule has 0 spiro atoms. The highest BCUT2D eigenvalue weighted by Crippen LogP contribution is 2.36. The van der Waals surface area contributed by atoms with Crippen molar-refractivity contribution >= 4 is 47.7 Å². The van der Waals surface area contributed by atoms with Crippen LogP contribution in [-0.4, -0.2) is 22.9 Å². The van der Waals surface area contributed by atoms with Gasteiger partial charge in [0.1, 0.15) is 0 Å². The molecule has 3 N–H and O–H groups in total. The Labute approximate surface area is 192 Å². The van der Waals surface area contributed by atoms with Crippen LogP contribution in [0.25, 0.3) is 0 Å². The molecule has 31 heavy (non-hydrogen) atoms. The van der Waals surface area contributed by atoms with Gasteiger partial charge >= 0.3 is 5.97 Å². The van der Waals surface area contributed by atoms with Crippen molar-refractivity contribution in [3.8, 4) is 0 Å². The van der Waals surface area contributed by atoms with Crippen LogP contribution in [0.1, 0.15) is 51.9 Å². The first-order chi connectivity index (χ1) is 14.8. The molecule has 1 aromatic rings. The molecule has 0 aliphatic heterocycles. The molecule has 0 bridgehead atoms. The lowest BCUT2D eigenvalue weighted by Crippen LogP contribution is -2.39. The summed E-state index contributed by atoms with van der Waals surface area (Å²) in [6, 6.07) is 6.78. The van der Waals surface area contributed by atoms with Gasteiger partial charge in [-0.25, -0.2) is 0 Å². The van der Waals surface area contributed by atoms with Crippen LogP contribution in [0.2, 0.25) is 5.02 Å². The van der Waals surface area contributed by atoms with E-state index in [0.29, 0.717) is 41.2 Å². The first-order valence-electron chi connectivity index (χ1n) is 10.5. The standard InChI is InChI=1S/C23H27ClN2O4S/c1-13(25-21(27)16-5-2-3-6-17(16)23(29)30)20(18-7-4-8-19(18)31)22(28)26-15-11-9-14(24)10-12-15/h9-12,16-17,31H,2-8H2,1H3,(H,25,27)(H,26,28)(H,29,30)/b20-13-. The Balaban J connectivity index is 1.87. The van der Waals surface area contributed by atoms with Crippen molar-refractivity contribution in [2.24, 2.45) is 11.8 Å². The summed E-state index contributed by atoms with van der Waals surface area (Å²) >= 11 is 10.5. The van der Waals surface area contributed by atoms with Crippen molar-refractivity contribution in [2.75, 3.05) is 5.32 Å². The van der Waals surface area contributed by atoms with Crippen molar-refractivity contribution in [3.05, 3.63) is 51.0 Å². The second kappa shape index (κ2) is 10.4. The number of carboxylic acids is 1. The lowest BCUT2D eigenvalue weighted by Gasteiger charge is -2.28. The van der Waals surface area contributed by atoms with Gasteiger partial charge in [-0.2, -0.15) is 0 Å². The summed E-state index contributed by atoms with van der Waals surface area (Å²) < 4.78 is 0. The van der Waals surface area contributed by atoms with E-state index in [1.54, 1.807) is 31.2 Å². The second-order valence-electron chi connectivity index (χ2n) is 8.06. The number of rotatable bonds is 6. The Hall–Kier alpha value is -2.25. The van der Waals surface area contributed by atoms with E-state index in [1.165, 1.54) is 0 Å². The van der Waals surface area contributed by atoms with E-state index < -0.39 is 17.8 Å². The Morgan fingerprint density at radius 3 is 2.26 bits per heavy atom. The molecular formula is C23H27ClN2O4S. The van der Waals surface area contributed by atoms with Crippen molar-refractivity contribution in [1.29, 1.82) is 0 Å². The summed E-state index contributed by atoms with van der Waals surface area (Å²) in [5.41, 5.74) is 2.19. The molecule has 2 amide bonds. The highest BCUT2D eigenvalue weighted by molar-refractivity contribution is 7.84. The van der Waals surface area contributed by atoms with Crippen molar-refractivity contribution in [2.45, 2.75) is 51.9 Å². The SMILES string of the molecule is C/C(NC(=O)C1CCCCC1C(=O)O)=C(/C(=O)Nc1ccc(Cl)cc1)C1=C(S)CCC1. The van der Waals surface area contributed by atoms with Crippen LogP contribution >= 0.6 is 24.2 Å². The molecule has 6 nitrogen and oxygen atoms in total. The summed E-state index contributed by atoms with van der Waals surface area (Å²) in [5.74, 6) is -2.94. The molecule has 2 atom stereocenters. The fourth-order valence-electron chi connectivity index (χ4n) is 4.34. The van der Waals surface area contributed by atoms with Crippen LogP contribution in [0.5, 0.6) is 0 Å². The van der Waals surface area contributed by atoms with Crippen LogP contribution in [0.3, 0.4) is 0 Å². The Kier molecular flexibility index (Phi) is 7.84. The molecule has 8 heteroatoms. The number of carbonyl (C=O) groups is 3. The van der Waals surface area contributed by atoms with Crippen LogP contribution < -0.4 is 10.6 Å². The van der Waals surface area contributed by atoms with Crippen molar-refractivity contribution in [1.82, 2.24) is 5.32 Å². The van der Waals surface area contributed by atoms with Gasteiger partial charge in [0.2, 0.25) is 5.91 Å². The van der Waals surface area contributed by atoms with Gasteiger partial charge in [0, 0.05) is 16.4 Å². The third-order valence-electron chi connectivity index (χ3n) is 5.93. The highest BCUT2D eigenvalue weighted by Gasteiger charge is 2.36. The zero-order valence-corrected chi connectivity index (χ0v) is 19.1. The lowest BCUT2D eigenvalue weighted by atomic mass is 9.78. The largest absolute Gasteiger partial charge is 0.481 e. The molecule has 3 rings (SSSR count). The number of anilines is 1. The number of hydrogen-bond donors (Lipinski definition) is 4. The minimum Gasteiger partial charge on any atom is -0.481 e. The van der Waals surface area contributed by atoms with E-state index in [-0.39, 0.29) is 11.8 Å².